The topological polar surface area (TPSA) is 136 Å². The molecule has 0 saturated heterocycles. The Balaban J connectivity index is 1.46. The molecule has 224 valence electrons. The summed E-state index contributed by atoms with van der Waals surface area (Å²) in [5.41, 5.74) is 1.14. The van der Waals surface area contributed by atoms with E-state index in [9.17, 15) is 14.4 Å². The monoisotopic (exact) mass is 583 g/mol. The third kappa shape index (κ3) is 5.39. The van der Waals surface area contributed by atoms with E-state index in [4.69, 9.17) is 37.3 Å². The molecule has 0 aliphatic carbocycles. The summed E-state index contributed by atoms with van der Waals surface area (Å²) in [6.45, 7) is 2.97. The van der Waals surface area contributed by atoms with Crippen LogP contribution in [-0.2, 0) is 4.79 Å². The molecule has 12 heteroatoms. The molecule has 2 aromatic heterocycles. The van der Waals surface area contributed by atoms with Crippen LogP contribution < -0.4 is 28.4 Å². The summed E-state index contributed by atoms with van der Waals surface area (Å²) in [6.07, 6.45) is 2.92. The third-order valence-electron chi connectivity index (χ3n) is 6.73. The normalized spacial score (nSPS) is 10.9. The predicted molar refractivity (Wildman–Crippen MR) is 152 cm³/mol. The molecule has 4 aromatic rings. The number of amides is 1. The van der Waals surface area contributed by atoms with E-state index in [2.05, 4.69) is 0 Å². The fourth-order valence-electron chi connectivity index (χ4n) is 4.79. The van der Waals surface area contributed by atoms with E-state index < -0.39 is 0 Å². The van der Waals surface area contributed by atoms with E-state index in [1.165, 1.54) is 59.7 Å². The van der Waals surface area contributed by atoms with Crippen molar-refractivity contribution in [2.75, 3.05) is 55.2 Å². The largest absolute Gasteiger partial charge is 0.495 e. The molecule has 42 heavy (non-hydrogen) atoms. The van der Waals surface area contributed by atoms with Crippen LogP contribution in [-0.4, -0.2) is 77.6 Å². The van der Waals surface area contributed by atoms with E-state index in [0.29, 0.717) is 33.4 Å². The Bertz CT molecular complexity index is 1630. The molecule has 0 atom stereocenters. The van der Waals surface area contributed by atoms with E-state index in [1.807, 2.05) is 0 Å². The Hall–Kier alpha value is -4.87. The number of nitrogens with zero attached hydrogens (tertiary/aromatic N) is 1. The van der Waals surface area contributed by atoms with Crippen LogP contribution >= 0.6 is 0 Å². The van der Waals surface area contributed by atoms with Gasteiger partial charge >= 0.3 is 0 Å². The van der Waals surface area contributed by atoms with E-state index in [-0.39, 0.29) is 77.8 Å². The summed E-state index contributed by atoms with van der Waals surface area (Å²) in [7, 11) is 7.40. The van der Waals surface area contributed by atoms with Gasteiger partial charge < -0.3 is 42.2 Å². The van der Waals surface area contributed by atoms with Crippen LogP contribution in [0.3, 0.4) is 0 Å². The molecule has 1 amide bonds. The van der Waals surface area contributed by atoms with Crippen LogP contribution in [0.5, 0.6) is 34.5 Å². The summed E-state index contributed by atoms with van der Waals surface area (Å²) in [5, 5.41) is 1.14. The van der Waals surface area contributed by atoms with Crippen molar-refractivity contribution in [3.8, 4) is 34.5 Å². The molecular weight excluding hydrogens is 550 g/mol. The second kappa shape index (κ2) is 12.8. The van der Waals surface area contributed by atoms with Crippen LogP contribution in [0.1, 0.15) is 41.0 Å². The minimum Gasteiger partial charge on any atom is -0.495 e. The quantitative estimate of drug-likeness (QED) is 0.187. The zero-order valence-corrected chi connectivity index (χ0v) is 24.6. The number of ether oxygens (including phenoxy) is 6. The van der Waals surface area contributed by atoms with Gasteiger partial charge in [-0.2, -0.15) is 0 Å². The van der Waals surface area contributed by atoms with E-state index in [1.54, 1.807) is 19.2 Å². The molecular formula is C30H33NO11. The van der Waals surface area contributed by atoms with Crippen molar-refractivity contribution in [3.05, 3.63) is 35.8 Å². The maximum absolute atomic E-state index is 12.9. The highest BCUT2D eigenvalue weighted by molar-refractivity contribution is 6.09. The van der Waals surface area contributed by atoms with Gasteiger partial charge in [0.2, 0.25) is 17.4 Å². The molecule has 0 bridgehead atoms. The van der Waals surface area contributed by atoms with Crippen LogP contribution in [0.25, 0.3) is 21.9 Å². The number of carbonyl (C=O) groups excluding carboxylic acids is 3. The molecule has 0 unspecified atom stereocenters. The average Bonchev–Trinajstić information content (AvgIpc) is 3.65. The first-order valence-corrected chi connectivity index (χ1v) is 13.0. The fraction of sp³-hybridized carbons (Fsp3) is 0.367. The van der Waals surface area contributed by atoms with Crippen molar-refractivity contribution >= 4 is 39.4 Å². The summed E-state index contributed by atoms with van der Waals surface area (Å²) in [4.78, 5) is 39.5. The van der Waals surface area contributed by atoms with Crippen LogP contribution in [0.4, 0.5) is 0 Å². The highest BCUT2D eigenvalue weighted by Crippen LogP contribution is 2.47. The molecule has 0 N–H and O–H groups in total. The molecule has 0 saturated carbocycles. The molecule has 0 radical (unpaired) electrons. The van der Waals surface area contributed by atoms with Gasteiger partial charge in [-0.25, -0.2) is 0 Å². The highest BCUT2D eigenvalue weighted by atomic mass is 16.5. The molecule has 4 rings (SSSR count). The van der Waals surface area contributed by atoms with Crippen molar-refractivity contribution < 1.29 is 51.6 Å². The van der Waals surface area contributed by atoms with Gasteiger partial charge in [0.05, 0.1) is 71.3 Å². The zero-order valence-electron chi connectivity index (χ0n) is 24.6. The van der Waals surface area contributed by atoms with E-state index in [0.717, 1.165) is 0 Å². The number of benzene rings is 2. The molecule has 0 aliphatic rings. The predicted octanol–water partition coefficient (Wildman–Crippen LogP) is 4.92. The van der Waals surface area contributed by atoms with Crippen LogP contribution in [0.15, 0.2) is 33.5 Å². The number of ketones is 2. The molecule has 12 nitrogen and oxygen atoms in total. The van der Waals surface area contributed by atoms with Gasteiger partial charge in [0, 0.05) is 7.05 Å². The van der Waals surface area contributed by atoms with Gasteiger partial charge in [0.25, 0.3) is 0 Å². The number of likely N-dealkylation sites (N-methyl/N-ethyl adjacent to an activating group) is 1. The molecule has 2 aromatic carbocycles. The Morgan fingerprint density at radius 2 is 1.10 bits per heavy atom. The Morgan fingerprint density at radius 3 is 1.50 bits per heavy atom. The standard InChI is InChI=1S/C30H33NO11/c1-16(32)21-23(35-4)18-8-12-39-25(18)29(37-6)27(21)41-14-10-20(34)31(3)11-15-42-28-22(17(2)33)24(36-5)19-9-13-40-26(19)30(28)38-7/h8-9,12-13H,10-11,14-15H2,1-7H3. The van der Waals surface area contributed by atoms with Crippen molar-refractivity contribution in [1.29, 1.82) is 0 Å². The number of methoxy groups -OCH3 is 4. The molecule has 0 spiro atoms. The van der Waals surface area contributed by atoms with Gasteiger partial charge in [-0.1, -0.05) is 0 Å². The van der Waals surface area contributed by atoms with Crippen LogP contribution in [0.2, 0.25) is 0 Å². The van der Waals surface area contributed by atoms with Crippen molar-refractivity contribution in [2.24, 2.45) is 0 Å². The third-order valence-corrected chi connectivity index (χ3v) is 6.73. The second-order valence-electron chi connectivity index (χ2n) is 9.24. The maximum atomic E-state index is 12.9. The number of rotatable bonds is 14. The fourth-order valence-corrected chi connectivity index (χ4v) is 4.79. The van der Waals surface area contributed by atoms with Gasteiger partial charge in [-0.3, -0.25) is 14.4 Å². The van der Waals surface area contributed by atoms with E-state index >= 15 is 0 Å². The Kier molecular flexibility index (Phi) is 9.14. The number of fused-ring (bicyclic) bond motifs is 2. The highest BCUT2D eigenvalue weighted by Gasteiger charge is 2.29. The number of furan rings is 2. The zero-order chi connectivity index (χ0) is 30.6. The average molecular weight is 584 g/mol. The SMILES string of the molecule is COc1c(C(C)=O)c(OCCC(=O)N(C)CCOc2c(C(C)=O)c(OC)c3ccoc3c2OC)c(OC)c2occc12. The summed E-state index contributed by atoms with van der Waals surface area (Å²) < 4.78 is 45.0. The first kappa shape index (κ1) is 30.1. The molecule has 2 heterocycles. The van der Waals surface area contributed by atoms with Crippen LogP contribution in [0, 0.1) is 0 Å². The lowest BCUT2D eigenvalue weighted by Crippen LogP contribution is -2.32. The number of hydrogen-bond acceptors (Lipinski definition) is 11. The van der Waals surface area contributed by atoms with Gasteiger partial charge in [-0.15, -0.1) is 0 Å². The summed E-state index contributed by atoms with van der Waals surface area (Å²) in [5.74, 6) is 0.570. The lowest BCUT2D eigenvalue weighted by atomic mass is 10.0. The van der Waals surface area contributed by atoms with Gasteiger partial charge in [0.15, 0.2) is 34.2 Å². The first-order valence-electron chi connectivity index (χ1n) is 13.0. The number of carbonyl (C=O) groups is 3. The summed E-state index contributed by atoms with van der Waals surface area (Å²) in [6, 6.07) is 3.35. The van der Waals surface area contributed by atoms with Gasteiger partial charge in [0.1, 0.15) is 29.2 Å². The second-order valence-corrected chi connectivity index (χ2v) is 9.24. The van der Waals surface area contributed by atoms with Crippen molar-refractivity contribution in [2.45, 2.75) is 20.3 Å². The van der Waals surface area contributed by atoms with Crippen molar-refractivity contribution in [3.63, 3.8) is 0 Å². The molecule has 0 aliphatic heterocycles. The number of Topliss-reactive ketones (excluding diaryl/α,β-unsaturated/α-hetero) is 2. The first-order chi connectivity index (χ1) is 20.2. The van der Waals surface area contributed by atoms with Crippen molar-refractivity contribution in [1.82, 2.24) is 4.90 Å². The lowest BCUT2D eigenvalue weighted by Gasteiger charge is -2.21. The smallest absolute Gasteiger partial charge is 0.225 e. The Labute approximate surface area is 241 Å². The maximum Gasteiger partial charge on any atom is 0.225 e. The van der Waals surface area contributed by atoms with Gasteiger partial charge in [-0.05, 0) is 26.0 Å². The lowest BCUT2D eigenvalue weighted by molar-refractivity contribution is -0.130. The number of hydrogen-bond donors (Lipinski definition) is 0. The minimum atomic E-state index is -0.298. The summed E-state index contributed by atoms with van der Waals surface area (Å²) >= 11 is 0. The minimum absolute atomic E-state index is 0.0102. The molecule has 0 fully saturated rings. The Morgan fingerprint density at radius 1 is 0.667 bits per heavy atom.